The number of hydrogen-bond donors (Lipinski definition) is 2. The summed E-state index contributed by atoms with van der Waals surface area (Å²) < 4.78 is 0. The largest absolute Gasteiger partial charge is 0.477 e. The molecule has 0 saturated carbocycles. The number of fused-ring (bicyclic) bond motifs is 1. The molecular weight excluding hydrogens is 363 g/mol. The van der Waals surface area contributed by atoms with E-state index in [1.54, 1.807) is 49.5 Å². The molecule has 0 radical (unpaired) electrons. The number of amides is 1. The highest BCUT2D eigenvalue weighted by molar-refractivity contribution is 6.31. The third kappa shape index (κ3) is 3.48. The van der Waals surface area contributed by atoms with E-state index < -0.39 is 5.97 Å². The minimum atomic E-state index is -1.12. The highest BCUT2D eigenvalue weighted by Crippen LogP contribution is 2.27. The van der Waals surface area contributed by atoms with Gasteiger partial charge in [-0.05, 0) is 36.4 Å². The van der Waals surface area contributed by atoms with E-state index in [1.807, 2.05) is 0 Å². The van der Waals surface area contributed by atoms with Crippen LogP contribution in [0.1, 0.15) is 16.1 Å². The first-order valence-corrected chi connectivity index (χ1v) is 8.18. The fraction of sp³-hybridized carbons (Fsp3) is 0.111. The third-order valence-corrected chi connectivity index (χ3v) is 4.45. The summed E-state index contributed by atoms with van der Waals surface area (Å²) in [5, 5.41) is 11.0. The van der Waals surface area contributed by atoms with Gasteiger partial charge in [-0.1, -0.05) is 29.3 Å². The Hall–Kier alpha value is -2.50. The summed E-state index contributed by atoms with van der Waals surface area (Å²) in [6, 6.07) is 11.9. The van der Waals surface area contributed by atoms with Crippen LogP contribution in [0.3, 0.4) is 0 Å². The molecule has 0 spiro atoms. The van der Waals surface area contributed by atoms with Crippen molar-refractivity contribution < 1.29 is 14.7 Å². The number of anilines is 1. The molecule has 0 atom stereocenters. The van der Waals surface area contributed by atoms with E-state index in [2.05, 4.69) is 4.98 Å². The van der Waals surface area contributed by atoms with Crippen LogP contribution in [0, 0.1) is 0 Å². The van der Waals surface area contributed by atoms with Crippen LogP contribution in [0.2, 0.25) is 10.0 Å². The first kappa shape index (κ1) is 17.3. The van der Waals surface area contributed by atoms with Gasteiger partial charge in [0, 0.05) is 39.2 Å². The summed E-state index contributed by atoms with van der Waals surface area (Å²) in [5.74, 6) is -1.38. The van der Waals surface area contributed by atoms with E-state index in [1.165, 1.54) is 4.90 Å². The fourth-order valence-corrected chi connectivity index (χ4v) is 3.04. The minimum Gasteiger partial charge on any atom is -0.477 e. The number of halogens is 2. The molecule has 0 unspecified atom stereocenters. The van der Waals surface area contributed by atoms with Crippen molar-refractivity contribution in [3.05, 3.63) is 63.8 Å². The molecule has 7 heteroatoms. The molecule has 3 aromatic rings. The molecule has 3 rings (SSSR count). The van der Waals surface area contributed by atoms with Gasteiger partial charge in [-0.3, -0.25) is 4.79 Å². The number of carboxylic acids is 1. The molecule has 25 heavy (non-hydrogen) atoms. The average Bonchev–Trinajstić information content (AvgIpc) is 2.92. The number of likely N-dealkylation sites (N-methyl/N-ethyl adjacent to an activating group) is 1. The summed E-state index contributed by atoms with van der Waals surface area (Å²) in [6.45, 7) is 0. The second-order valence-corrected chi connectivity index (χ2v) is 6.46. The number of rotatable bonds is 4. The van der Waals surface area contributed by atoms with Crippen LogP contribution in [0.5, 0.6) is 0 Å². The van der Waals surface area contributed by atoms with Crippen LogP contribution in [0.15, 0.2) is 42.5 Å². The van der Waals surface area contributed by atoms with Crippen molar-refractivity contribution in [2.45, 2.75) is 6.42 Å². The van der Waals surface area contributed by atoms with Gasteiger partial charge in [-0.2, -0.15) is 0 Å². The quantitative estimate of drug-likeness (QED) is 0.709. The Morgan fingerprint density at radius 1 is 1.12 bits per heavy atom. The average molecular weight is 377 g/mol. The molecule has 0 saturated heterocycles. The Bertz CT molecular complexity index is 982. The molecule has 0 fully saturated rings. The first-order chi connectivity index (χ1) is 11.9. The zero-order valence-electron chi connectivity index (χ0n) is 13.2. The van der Waals surface area contributed by atoms with Crippen LogP contribution < -0.4 is 4.90 Å². The third-order valence-electron chi connectivity index (χ3n) is 3.98. The van der Waals surface area contributed by atoms with Gasteiger partial charge in [0.05, 0.1) is 6.42 Å². The molecule has 0 bridgehead atoms. The monoisotopic (exact) mass is 376 g/mol. The van der Waals surface area contributed by atoms with Crippen LogP contribution in [0.25, 0.3) is 10.9 Å². The highest BCUT2D eigenvalue weighted by Gasteiger charge is 2.22. The van der Waals surface area contributed by atoms with Crippen molar-refractivity contribution in [3.8, 4) is 0 Å². The number of H-pyrrole nitrogens is 1. The first-order valence-electron chi connectivity index (χ1n) is 7.42. The lowest BCUT2D eigenvalue weighted by Crippen LogP contribution is -2.28. The van der Waals surface area contributed by atoms with Gasteiger partial charge in [0.15, 0.2) is 0 Å². The van der Waals surface area contributed by atoms with E-state index >= 15 is 0 Å². The van der Waals surface area contributed by atoms with E-state index in [9.17, 15) is 14.7 Å². The second-order valence-electron chi connectivity index (χ2n) is 5.58. The Balaban J connectivity index is 1.99. The smallest absolute Gasteiger partial charge is 0.352 e. The van der Waals surface area contributed by atoms with Gasteiger partial charge in [0.1, 0.15) is 5.69 Å². The van der Waals surface area contributed by atoms with E-state index in [0.29, 0.717) is 32.2 Å². The Morgan fingerprint density at radius 2 is 1.84 bits per heavy atom. The lowest BCUT2D eigenvalue weighted by atomic mass is 10.1. The fourth-order valence-electron chi connectivity index (χ4n) is 2.68. The van der Waals surface area contributed by atoms with Crippen molar-refractivity contribution in [2.75, 3.05) is 11.9 Å². The topological polar surface area (TPSA) is 73.4 Å². The molecule has 1 amide bonds. The molecule has 128 valence electrons. The maximum atomic E-state index is 12.7. The summed E-state index contributed by atoms with van der Waals surface area (Å²) in [4.78, 5) is 28.5. The molecular formula is C18H14Cl2N2O3. The van der Waals surface area contributed by atoms with Gasteiger partial charge in [0.25, 0.3) is 0 Å². The predicted octanol–water partition coefficient (Wildman–Crippen LogP) is 4.38. The maximum absolute atomic E-state index is 12.7. The number of hydrogen-bond acceptors (Lipinski definition) is 2. The SMILES string of the molecule is CN(C(=O)Cc1c(C(=O)O)[nH]c2ccc(Cl)cc12)c1cccc(Cl)c1. The van der Waals surface area contributed by atoms with Crippen molar-refractivity contribution in [2.24, 2.45) is 0 Å². The van der Waals surface area contributed by atoms with Gasteiger partial charge < -0.3 is 15.0 Å². The van der Waals surface area contributed by atoms with Crippen LogP contribution in [0.4, 0.5) is 5.69 Å². The Morgan fingerprint density at radius 3 is 2.52 bits per heavy atom. The van der Waals surface area contributed by atoms with Gasteiger partial charge in [-0.25, -0.2) is 4.79 Å². The Kier molecular flexibility index (Phi) is 4.70. The van der Waals surface area contributed by atoms with Gasteiger partial charge in [-0.15, -0.1) is 0 Å². The number of benzene rings is 2. The van der Waals surface area contributed by atoms with E-state index in [-0.39, 0.29) is 18.0 Å². The molecule has 5 nitrogen and oxygen atoms in total. The molecule has 2 aromatic carbocycles. The molecule has 2 N–H and O–H groups in total. The summed E-state index contributed by atoms with van der Waals surface area (Å²) >= 11 is 12.0. The predicted molar refractivity (Wildman–Crippen MR) is 98.8 cm³/mol. The van der Waals surface area contributed by atoms with Crippen LogP contribution >= 0.6 is 23.2 Å². The number of nitrogens with one attached hydrogen (secondary N) is 1. The molecule has 1 heterocycles. The molecule has 1 aromatic heterocycles. The Labute approximate surface area is 153 Å². The highest BCUT2D eigenvalue weighted by atomic mass is 35.5. The lowest BCUT2D eigenvalue weighted by molar-refractivity contribution is -0.117. The number of carbonyl (C=O) groups is 2. The van der Waals surface area contributed by atoms with Crippen molar-refractivity contribution in [1.29, 1.82) is 0 Å². The van der Waals surface area contributed by atoms with Gasteiger partial charge in [0.2, 0.25) is 5.91 Å². The molecule has 0 aliphatic rings. The van der Waals surface area contributed by atoms with E-state index in [0.717, 1.165) is 0 Å². The maximum Gasteiger partial charge on any atom is 0.352 e. The number of nitrogens with zero attached hydrogens (tertiary/aromatic N) is 1. The zero-order valence-corrected chi connectivity index (χ0v) is 14.7. The number of aromatic amines is 1. The lowest BCUT2D eigenvalue weighted by Gasteiger charge is -2.17. The molecule has 0 aliphatic carbocycles. The second kappa shape index (κ2) is 6.78. The minimum absolute atomic E-state index is 0.00916. The zero-order chi connectivity index (χ0) is 18.1. The normalized spacial score (nSPS) is 10.8. The van der Waals surface area contributed by atoms with Gasteiger partial charge >= 0.3 is 5.97 Å². The number of aromatic carboxylic acids is 1. The van der Waals surface area contributed by atoms with Crippen LogP contribution in [-0.4, -0.2) is 29.0 Å². The van der Waals surface area contributed by atoms with E-state index in [4.69, 9.17) is 23.2 Å². The standard InChI is InChI=1S/C18H14Cl2N2O3/c1-22(12-4-2-3-10(19)7-12)16(23)9-14-13-8-11(20)5-6-15(13)21-17(14)18(24)25/h2-8,21H,9H2,1H3,(H,24,25). The van der Waals surface area contributed by atoms with Crippen LogP contribution in [-0.2, 0) is 11.2 Å². The van der Waals surface area contributed by atoms with Crippen molar-refractivity contribution in [1.82, 2.24) is 4.98 Å². The number of aromatic nitrogens is 1. The van der Waals surface area contributed by atoms with Crippen molar-refractivity contribution in [3.63, 3.8) is 0 Å². The number of carbonyl (C=O) groups excluding carboxylic acids is 1. The number of carboxylic acid groups (broad SMARTS) is 1. The summed E-state index contributed by atoms with van der Waals surface area (Å²) in [7, 11) is 1.62. The summed E-state index contributed by atoms with van der Waals surface area (Å²) in [6.07, 6.45) is -0.0784. The van der Waals surface area contributed by atoms with Crippen molar-refractivity contribution >= 4 is 51.7 Å². The summed E-state index contributed by atoms with van der Waals surface area (Å²) in [5.41, 5.74) is 1.65. The molecule has 0 aliphatic heterocycles.